The molecule has 0 saturated carbocycles. The molecule has 0 radical (unpaired) electrons. The molecule has 0 fully saturated rings. The first-order valence-electron chi connectivity index (χ1n) is 7.03. The van der Waals surface area contributed by atoms with Crippen molar-refractivity contribution in [1.29, 1.82) is 0 Å². The predicted octanol–water partition coefficient (Wildman–Crippen LogP) is 4.50. The summed E-state index contributed by atoms with van der Waals surface area (Å²) in [7, 11) is 0. The summed E-state index contributed by atoms with van der Waals surface area (Å²) in [6.07, 6.45) is -2.83. The first-order chi connectivity index (χ1) is 9.92. The highest BCUT2D eigenvalue weighted by atomic mass is 79.9. The lowest BCUT2D eigenvalue weighted by atomic mass is 9.94. The van der Waals surface area contributed by atoms with Gasteiger partial charge in [-0.05, 0) is 43.0 Å². The largest absolute Gasteiger partial charge is 0.411 e. The van der Waals surface area contributed by atoms with Crippen molar-refractivity contribution in [2.75, 3.05) is 26.3 Å². The number of benzene rings is 1. The smallest absolute Gasteiger partial charge is 0.372 e. The standard InChI is InChI=1S/C15H21BrF3NO/c1-2-20-10-13(12-5-7-14(16)8-6-12)4-3-9-21-11-15(17,18)19/h5-8,13,20H,2-4,9-11H2,1H3. The van der Waals surface area contributed by atoms with Gasteiger partial charge in [-0.25, -0.2) is 0 Å². The number of hydrogen-bond acceptors (Lipinski definition) is 2. The maximum atomic E-state index is 12.0. The zero-order valence-corrected chi connectivity index (χ0v) is 13.6. The fourth-order valence-corrected chi connectivity index (χ4v) is 2.32. The van der Waals surface area contributed by atoms with Crippen molar-refractivity contribution in [2.24, 2.45) is 0 Å². The van der Waals surface area contributed by atoms with E-state index in [1.165, 1.54) is 5.56 Å². The van der Waals surface area contributed by atoms with Gasteiger partial charge in [0.15, 0.2) is 0 Å². The van der Waals surface area contributed by atoms with Gasteiger partial charge >= 0.3 is 6.18 Å². The third-order valence-electron chi connectivity index (χ3n) is 3.09. The summed E-state index contributed by atoms with van der Waals surface area (Å²) < 4.78 is 41.6. The van der Waals surface area contributed by atoms with Crippen molar-refractivity contribution in [3.05, 3.63) is 34.3 Å². The molecule has 0 amide bonds. The molecule has 0 aliphatic carbocycles. The Balaban J connectivity index is 2.41. The molecule has 0 heterocycles. The lowest BCUT2D eigenvalue weighted by Crippen LogP contribution is -2.22. The third kappa shape index (κ3) is 8.44. The summed E-state index contributed by atoms with van der Waals surface area (Å²) in [4.78, 5) is 0. The van der Waals surface area contributed by atoms with E-state index < -0.39 is 12.8 Å². The molecule has 1 N–H and O–H groups in total. The fourth-order valence-electron chi connectivity index (χ4n) is 2.06. The quantitative estimate of drug-likeness (QED) is 0.648. The van der Waals surface area contributed by atoms with E-state index in [1.807, 2.05) is 31.2 Å². The van der Waals surface area contributed by atoms with Crippen molar-refractivity contribution in [3.8, 4) is 0 Å². The molecular formula is C15H21BrF3NO. The Labute approximate surface area is 132 Å². The van der Waals surface area contributed by atoms with Crippen molar-refractivity contribution < 1.29 is 17.9 Å². The zero-order valence-electron chi connectivity index (χ0n) is 12.0. The Hall–Kier alpha value is -0.590. The molecule has 6 heteroatoms. The first-order valence-corrected chi connectivity index (χ1v) is 7.82. The van der Waals surface area contributed by atoms with Crippen LogP contribution in [0.2, 0.25) is 0 Å². The average molecular weight is 368 g/mol. The molecule has 0 aliphatic heterocycles. The van der Waals surface area contributed by atoms with Gasteiger partial charge in [0.25, 0.3) is 0 Å². The van der Waals surface area contributed by atoms with Crippen molar-refractivity contribution in [2.45, 2.75) is 31.9 Å². The lowest BCUT2D eigenvalue weighted by Gasteiger charge is -2.18. The molecular weight excluding hydrogens is 347 g/mol. The van der Waals surface area contributed by atoms with Crippen LogP contribution in [0, 0.1) is 0 Å². The predicted molar refractivity (Wildman–Crippen MR) is 81.5 cm³/mol. The summed E-state index contributed by atoms with van der Waals surface area (Å²) in [6, 6.07) is 8.05. The van der Waals surface area contributed by atoms with Crippen molar-refractivity contribution >= 4 is 15.9 Å². The van der Waals surface area contributed by atoms with Crippen LogP contribution in [0.3, 0.4) is 0 Å². The van der Waals surface area contributed by atoms with Crippen LogP contribution < -0.4 is 5.32 Å². The van der Waals surface area contributed by atoms with E-state index in [4.69, 9.17) is 0 Å². The summed E-state index contributed by atoms with van der Waals surface area (Å²) in [5.74, 6) is 0.285. The normalized spacial score (nSPS) is 13.4. The second kappa shape index (κ2) is 9.43. The van der Waals surface area contributed by atoms with Crippen LogP contribution in [0.5, 0.6) is 0 Å². The molecule has 0 aliphatic rings. The highest BCUT2D eigenvalue weighted by Crippen LogP contribution is 2.23. The van der Waals surface area contributed by atoms with Gasteiger partial charge in [0.1, 0.15) is 6.61 Å². The third-order valence-corrected chi connectivity index (χ3v) is 3.62. The Morgan fingerprint density at radius 1 is 1.24 bits per heavy atom. The first kappa shape index (κ1) is 18.5. The summed E-state index contributed by atoms with van der Waals surface area (Å²) in [5.41, 5.74) is 1.19. The van der Waals surface area contributed by atoms with Crippen LogP contribution in [0.4, 0.5) is 13.2 Å². The minimum Gasteiger partial charge on any atom is -0.372 e. The van der Waals surface area contributed by atoms with Gasteiger partial charge in [-0.2, -0.15) is 13.2 Å². The van der Waals surface area contributed by atoms with Gasteiger partial charge in [0.05, 0.1) is 0 Å². The molecule has 21 heavy (non-hydrogen) atoms. The molecule has 0 spiro atoms. The molecule has 0 saturated heterocycles. The Kier molecular flexibility index (Phi) is 8.29. The van der Waals surface area contributed by atoms with Crippen LogP contribution in [0.25, 0.3) is 0 Å². The molecule has 1 aromatic carbocycles. The highest BCUT2D eigenvalue weighted by molar-refractivity contribution is 9.10. The zero-order chi connectivity index (χ0) is 15.7. The van der Waals surface area contributed by atoms with Gasteiger partial charge in [-0.15, -0.1) is 0 Å². The summed E-state index contributed by atoms with van der Waals surface area (Å²) in [6.45, 7) is 2.70. The highest BCUT2D eigenvalue weighted by Gasteiger charge is 2.27. The van der Waals surface area contributed by atoms with Crippen molar-refractivity contribution in [1.82, 2.24) is 5.32 Å². The van der Waals surface area contributed by atoms with Crippen LogP contribution in [0.1, 0.15) is 31.2 Å². The number of rotatable bonds is 9. The van der Waals surface area contributed by atoms with Gasteiger partial charge in [-0.1, -0.05) is 35.0 Å². The minimum absolute atomic E-state index is 0.138. The number of ether oxygens (including phenoxy) is 1. The number of nitrogens with one attached hydrogen (secondary N) is 1. The van der Waals surface area contributed by atoms with Crippen LogP contribution >= 0.6 is 15.9 Å². The topological polar surface area (TPSA) is 21.3 Å². The Bertz CT molecular complexity index is 395. The van der Waals surface area contributed by atoms with E-state index in [1.54, 1.807) is 0 Å². The molecule has 120 valence electrons. The van der Waals surface area contributed by atoms with Gasteiger partial charge < -0.3 is 10.1 Å². The van der Waals surface area contributed by atoms with Gasteiger partial charge in [0, 0.05) is 17.6 Å². The Morgan fingerprint density at radius 2 is 1.90 bits per heavy atom. The molecule has 0 bridgehead atoms. The number of halogens is 4. The molecule has 2 nitrogen and oxygen atoms in total. The molecule has 0 aromatic heterocycles. The maximum absolute atomic E-state index is 12.0. The van der Waals surface area contributed by atoms with E-state index in [0.29, 0.717) is 6.42 Å². The van der Waals surface area contributed by atoms with E-state index in [2.05, 4.69) is 26.0 Å². The number of hydrogen-bond donors (Lipinski definition) is 1. The second-order valence-electron chi connectivity index (χ2n) is 4.87. The van der Waals surface area contributed by atoms with Crippen LogP contribution in [0.15, 0.2) is 28.7 Å². The molecule has 1 atom stereocenters. The van der Waals surface area contributed by atoms with Crippen molar-refractivity contribution in [3.63, 3.8) is 0 Å². The summed E-state index contributed by atoms with van der Waals surface area (Å²) >= 11 is 3.40. The van der Waals surface area contributed by atoms with E-state index in [-0.39, 0.29) is 12.5 Å². The second-order valence-corrected chi connectivity index (χ2v) is 5.78. The number of likely N-dealkylation sites (N-methyl/N-ethyl adjacent to an activating group) is 1. The minimum atomic E-state index is -4.24. The SMILES string of the molecule is CCNCC(CCCOCC(F)(F)F)c1ccc(Br)cc1. The molecule has 1 unspecified atom stereocenters. The monoisotopic (exact) mass is 367 g/mol. The van der Waals surface area contributed by atoms with E-state index in [0.717, 1.165) is 24.0 Å². The van der Waals surface area contributed by atoms with E-state index >= 15 is 0 Å². The lowest BCUT2D eigenvalue weighted by molar-refractivity contribution is -0.174. The van der Waals surface area contributed by atoms with Gasteiger partial charge in [0.2, 0.25) is 0 Å². The fraction of sp³-hybridized carbons (Fsp3) is 0.600. The summed E-state index contributed by atoms with van der Waals surface area (Å²) in [5, 5.41) is 3.29. The Morgan fingerprint density at radius 3 is 2.48 bits per heavy atom. The number of alkyl halides is 3. The van der Waals surface area contributed by atoms with Gasteiger partial charge in [-0.3, -0.25) is 0 Å². The molecule has 1 aromatic rings. The van der Waals surface area contributed by atoms with Crippen LogP contribution in [-0.2, 0) is 4.74 Å². The van der Waals surface area contributed by atoms with E-state index in [9.17, 15) is 13.2 Å². The average Bonchev–Trinajstić information content (AvgIpc) is 2.42. The molecule has 1 rings (SSSR count). The van der Waals surface area contributed by atoms with Crippen LogP contribution in [-0.4, -0.2) is 32.5 Å². The maximum Gasteiger partial charge on any atom is 0.411 e.